The molecule has 0 spiro atoms. The normalized spacial score (nSPS) is 16.4. The summed E-state index contributed by atoms with van der Waals surface area (Å²) in [5.74, 6) is 0.220. The van der Waals surface area contributed by atoms with Crippen LogP contribution in [0.4, 0.5) is 5.69 Å². The molecule has 0 saturated carbocycles. The molecule has 160 valence electrons. The van der Waals surface area contributed by atoms with Crippen LogP contribution in [0, 0.1) is 6.92 Å². The molecule has 0 aliphatic carbocycles. The zero-order valence-electron chi connectivity index (χ0n) is 17.4. The van der Waals surface area contributed by atoms with Crippen LogP contribution >= 0.6 is 0 Å². The summed E-state index contributed by atoms with van der Waals surface area (Å²) in [6.07, 6.45) is 0.309. The van der Waals surface area contributed by atoms with Crippen LogP contribution in [0.15, 0.2) is 77.7 Å². The van der Waals surface area contributed by atoms with Gasteiger partial charge in [0.25, 0.3) is 0 Å². The predicted molar refractivity (Wildman–Crippen MR) is 119 cm³/mol. The van der Waals surface area contributed by atoms with Gasteiger partial charge in [-0.2, -0.15) is 4.31 Å². The van der Waals surface area contributed by atoms with Crippen LogP contribution in [-0.2, 0) is 27.8 Å². The predicted octanol–water partition coefficient (Wildman–Crippen LogP) is 3.76. The molecule has 0 radical (unpaired) electrons. The molecule has 1 unspecified atom stereocenters. The number of nitrogens with one attached hydrogen (secondary N) is 1. The average molecular weight is 437 g/mol. The summed E-state index contributed by atoms with van der Waals surface area (Å²) in [5.41, 5.74) is 3.47. The van der Waals surface area contributed by atoms with Gasteiger partial charge >= 0.3 is 0 Å². The summed E-state index contributed by atoms with van der Waals surface area (Å²) < 4.78 is 33.5. The molecule has 0 saturated heterocycles. The van der Waals surface area contributed by atoms with Crippen LogP contribution in [0.2, 0.25) is 0 Å². The number of rotatable bonds is 5. The van der Waals surface area contributed by atoms with Crippen molar-refractivity contribution in [3.8, 4) is 5.75 Å². The zero-order valence-corrected chi connectivity index (χ0v) is 18.2. The van der Waals surface area contributed by atoms with Crippen molar-refractivity contribution < 1.29 is 17.9 Å². The third-order valence-corrected chi connectivity index (χ3v) is 7.45. The number of amides is 1. The summed E-state index contributed by atoms with van der Waals surface area (Å²) in [4.78, 5) is 13.4. The highest BCUT2D eigenvalue weighted by atomic mass is 32.2. The SMILES string of the molecule is COc1ccc(S(=O)(=O)N2Cc3ccccc3CC2C(=O)Nc2ccccc2C)cc1. The van der Waals surface area contributed by atoms with Crippen molar-refractivity contribution in [2.24, 2.45) is 0 Å². The van der Waals surface area contributed by atoms with E-state index in [1.54, 1.807) is 12.1 Å². The number of carbonyl (C=O) groups excluding carboxylic acids is 1. The molecule has 0 aromatic heterocycles. The van der Waals surface area contributed by atoms with Crippen LogP contribution in [-0.4, -0.2) is 31.8 Å². The standard InChI is InChI=1S/C24H24N2O4S/c1-17-7-3-6-10-22(17)25-24(27)23-15-18-8-4-5-9-19(18)16-26(23)31(28,29)21-13-11-20(30-2)12-14-21/h3-14,23H,15-16H2,1-2H3,(H,25,27). The van der Waals surface area contributed by atoms with E-state index in [0.29, 0.717) is 17.9 Å². The summed E-state index contributed by atoms with van der Waals surface area (Å²) in [6, 6.07) is 20.4. The van der Waals surface area contributed by atoms with Gasteiger partial charge in [0, 0.05) is 12.2 Å². The van der Waals surface area contributed by atoms with Gasteiger partial charge < -0.3 is 10.1 Å². The number of sulfonamides is 1. The number of hydrogen-bond donors (Lipinski definition) is 1. The second-order valence-electron chi connectivity index (χ2n) is 7.52. The highest BCUT2D eigenvalue weighted by Crippen LogP contribution is 2.30. The highest BCUT2D eigenvalue weighted by molar-refractivity contribution is 7.89. The number of para-hydroxylation sites is 1. The van der Waals surface area contributed by atoms with Gasteiger partial charge in [-0.3, -0.25) is 4.79 Å². The Hall–Kier alpha value is -3.16. The van der Waals surface area contributed by atoms with E-state index in [0.717, 1.165) is 16.7 Å². The van der Waals surface area contributed by atoms with Gasteiger partial charge in [-0.05, 0) is 60.4 Å². The van der Waals surface area contributed by atoms with E-state index in [1.165, 1.54) is 23.5 Å². The second kappa shape index (κ2) is 8.53. The van der Waals surface area contributed by atoms with Crippen molar-refractivity contribution in [2.75, 3.05) is 12.4 Å². The number of nitrogens with zero attached hydrogens (tertiary/aromatic N) is 1. The molecule has 1 aliphatic rings. The van der Waals surface area contributed by atoms with Gasteiger partial charge in [0.15, 0.2) is 0 Å². The van der Waals surface area contributed by atoms with Crippen LogP contribution in [0.5, 0.6) is 5.75 Å². The molecular formula is C24H24N2O4S. The summed E-state index contributed by atoms with van der Waals surface area (Å²) in [5, 5.41) is 2.92. The van der Waals surface area contributed by atoms with Crippen molar-refractivity contribution in [3.05, 3.63) is 89.5 Å². The Bertz CT molecular complexity index is 1210. The average Bonchev–Trinajstić information content (AvgIpc) is 2.79. The second-order valence-corrected chi connectivity index (χ2v) is 9.41. The van der Waals surface area contributed by atoms with E-state index in [2.05, 4.69) is 5.32 Å². The van der Waals surface area contributed by atoms with Gasteiger partial charge in [0.05, 0.1) is 12.0 Å². The summed E-state index contributed by atoms with van der Waals surface area (Å²) in [6.45, 7) is 2.04. The molecular weight excluding hydrogens is 412 g/mol. The number of fused-ring (bicyclic) bond motifs is 1. The minimum Gasteiger partial charge on any atom is -0.497 e. The topological polar surface area (TPSA) is 75.7 Å². The number of aryl methyl sites for hydroxylation is 1. The molecule has 3 aromatic carbocycles. The van der Waals surface area contributed by atoms with E-state index < -0.39 is 16.1 Å². The van der Waals surface area contributed by atoms with E-state index in [1.807, 2.05) is 55.5 Å². The first-order chi connectivity index (χ1) is 14.9. The van der Waals surface area contributed by atoms with Crippen LogP contribution < -0.4 is 10.1 Å². The third-order valence-electron chi connectivity index (χ3n) is 5.58. The molecule has 1 aliphatic heterocycles. The maximum absolute atomic E-state index is 13.5. The Morgan fingerprint density at radius 1 is 0.968 bits per heavy atom. The minimum atomic E-state index is -3.91. The lowest BCUT2D eigenvalue weighted by Crippen LogP contribution is -2.50. The smallest absolute Gasteiger partial charge is 0.244 e. The summed E-state index contributed by atoms with van der Waals surface area (Å²) >= 11 is 0. The van der Waals surface area contributed by atoms with Crippen LogP contribution in [0.25, 0.3) is 0 Å². The molecule has 1 heterocycles. The van der Waals surface area contributed by atoms with Gasteiger partial charge in [0.1, 0.15) is 11.8 Å². The van der Waals surface area contributed by atoms with Gasteiger partial charge in [0.2, 0.25) is 15.9 Å². The number of carbonyl (C=O) groups is 1. The first kappa shape index (κ1) is 21.1. The van der Waals surface area contributed by atoms with Crippen LogP contribution in [0.3, 0.4) is 0 Å². The fraction of sp³-hybridized carbons (Fsp3) is 0.208. The molecule has 1 N–H and O–H groups in total. The zero-order chi connectivity index (χ0) is 22.0. The first-order valence-corrected chi connectivity index (χ1v) is 11.4. The molecule has 31 heavy (non-hydrogen) atoms. The number of benzene rings is 3. The fourth-order valence-electron chi connectivity index (χ4n) is 3.79. The van der Waals surface area contributed by atoms with E-state index in [4.69, 9.17) is 4.74 Å². The molecule has 1 amide bonds. The van der Waals surface area contributed by atoms with Gasteiger partial charge in [-0.1, -0.05) is 42.5 Å². The number of anilines is 1. The summed E-state index contributed by atoms with van der Waals surface area (Å²) in [7, 11) is -2.38. The fourth-order valence-corrected chi connectivity index (χ4v) is 5.35. The molecule has 4 rings (SSSR count). The minimum absolute atomic E-state index is 0.126. The van der Waals surface area contributed by atoms with Crippen molar-refractivity contribution in [1.82, 2.24) is 4.31 Å². The first-order valence-electron chi connectivity index (χ1n) is 9.99. The monoisotopic (exact) mass is 436 g/mol. The lowest BCUT2D eigenvalue weighted by atomic mass is 9.95. The molecule has 6 nitrogen and oxygen atoms in total. The lowest BCUT2D eigenvalue weighted by Gasteiger charge is -2.35. The Balaban J connectivity index is 1.71. The third kappa shape index (κ3) is 4.19. The maximum atomic E-state index is 13.5. The van der Waals surface area contributed by atoms with Crippen molar-refractivity contribution in [1.29, 1.82) is 0 Å². The maximum Gasteiger partial charge on any atom is 0.244 e. The van der Waals surface area contributed by atoms with E-state index >= 15 is 0 Å². The molecule has 0 fully saturated rings. The van der Waals surface area contributed by atoms with Gasteiger partial charge in [-0.25, -0.2) is 8.42 Å². The largest absolute Gasteiger partial charge is 0.497 e. The quantitative estimate of drug-likeness (QED) is 0.661. The van der Waals surface area contributed by atoms with E-state index in [-0.39, 0.29) is 17.3 Å². The lowest BCUT2D eigenvalue weighted by molar-refractivity contribution is -0.120. The Labute approximate surface area is 182 Å². The number of methoxy groups -OCH3 is 1. The number of ether oxygens (including phenoxy) is 1. The van der Waals surface area contributed by atoms with Gasteiger partial charge in [-0.15, -0.1) is 0 Å². The molecule has 3 aromatic rings. The Morgan fingerprint density at radius 3 is 2.29 bits per heavy atom. The molecule has 0 bridgehead atoms. The van der Waals surface area contributed by atoms with Crippen LogP contribution in [0.1, 0.15) is 16.7 Å². The van der Waals surface area contributed by atoms with Crippen molar-refractivity contribution in [2.45, 2.75) is 30.8 Å². The van der Waals surface area contributed by atoms with Crippen molar-refractivity contribution in [3.63, 3.8) is 0 Å². The van der Waals surface area contributed by atoms with Crippen molar-refractivity contribution >= 4 is 21.6 Å². The Morgan fingerprint density at radius 2 is 1.61 bits per heavy atom. The van der Waals surface area contributed by atoms with E-state index in [9.17, 15) is 13.2 Å². The Kier molecular flexibility index (Phi) is 5.80. The molecule has 7 heteroatoms. The number of hydrogen-bond acceptors (Lipinski definition) is 4. The molecule has 1 atom stereocenters. The highest BCUT2D eigenvalue weighted by Gasteiger charge is 2.39.